The fraction of sp³-hybridized carbons (Fsp3) is 0.684. The van der Waals surface area contributed by atoms with Gasteiger partial charge in [-0.15, -0.1) is 0 Å². The smallest absolute Gasteiger partial charge is 0.444 e. The number of hydrogen-bond donors (Lipinski definition) is 0. The summed E-state index contributed by atoms with van der Waals surface area (Å²) >= 11 is 0. The van der Waals surface area contributed by atoms with Gasteiger partial charge in [-0.3, -0.25) is 4.98 Å². The van der Waals surface area contributed by atoms with Crippen molar-refractivity contribution in [1.29, 1.82) is 0 Å². The number of aromatic nitrogens is 1. The minimum atomic E-state index is -0.472. The Hall–Kier alpha value is -1.60. The van der Waals surface area contributed by atoms with Crippen LogP contribution in [0.15, 0.2) is 18.5 Å². The molecule has 1 aromatic rings. The number of hydrogen-bond acceptors (Lipinski definition) is 5. The van der Waals surface area contributed by atoms with Gasteiger partial charge in [-0.25, -0.2) is 4.79 Å². The van der Waals surface area contributed by atoms with Gasteiger partial charge < -0.3 is 18.9 Å². The van der Waals surface area contributed by atoms with Crippen LogP contribution in [-0.2, 0) is 14.0 Å². The Balaban J connectivity index is 1.64. The molecule has 0 unspecified atom stereocenters. The zero-order chi connectivity index (χ0) is 19.3. The number of carbonyl (C=O) groups is 1. The van der Waals surface area contributed by atoms with Gasteiger partial charge in [-0.2, -0.15) is 0 Å². The summed E-state index contributed by atoms with van der Waals surface area (Å²) in [6.07, 6.45) is 3.38. The molecule has 2 fully saturated rings. The number of likely N-dealkylation sites (tertiary alicyclic amines) is 1. The number of rotatable bonds is 2. The van der Waals surface area contributed by atoms with Gasteiger partial charge in [0.05, 0.1) is 11.2 Å². The summed E-state index contributed by atoms with van der Waals surface area (Å²) in [6, 6.07) is 2.08. The van der Waals surface area contributed by atoms with Crippen molar-refractivity contribution in [1.82, 2.24) is 9.88 Å². The van der Waals surface area contributed by atoms with Crippen molar-refractivity contribution < 1.29 is 18.8 Å². The van der Waals surface area contributed by atoms with Gasteiger partial charge in [-0.1, -0.05) is 6.07 Å². The molecule has 2 aliphatic heterocycles. The van der Waals surface area contributed by atoms with Gasteiger partial charge in [0.2, 0.25) is 0 Å². The molecule has 0 aliphatic carbocycles. The van der Waals surface area contributed by atoms with Crippen molar-refractivity contribution in [3.05, 3.63) is 24.0 Å². The molecule has 1 aromatic heterocycles. The molecule has 0 atom stereocenters. The third-order valence-electron chi connectivity index (χ3n) is 5.31. The van der Waals surface area contributed by atoms with E-state index in [1.807, 2.05) is 54.7 Å². The summed E-state index contributed by atoms with van der Waals surface area (Å²) in [4.78, 5) is 18.2. The second kappa shape index (κ2) is 6.24. The van der Waals surface area contributed by atoms with E-state index < -0.39 is 12.7 Å². The van der Waals surface area contributed by atoms with Crippen LogP contribution in [0.4, 0.5) is 4.79 Å². The van der Waals surface area contributed by atoms with Crippen molar-refractivity contribution in [2.45, 2.75) is 71.2 Å². The molecule has 0 aromatic carbocycles. The summed E-state index contributed by atoms with van der Waals surface area (Å²) in [6.45, 7) is 15.1. The van der Waals surface area contributed by atoms with Crippen molar-refractivity contribution in [3.63, 3.8) is 0 Å². The Morgan fingerprint density at radius 1 is 1.19 bits per heavy atom. The Bertz CT molecular complexity index is 677. The first kappa shape index (κ1) is 19.2. The molecule has 2 saturated heterocycles. The van der Waals surface area contributed by atoms with Crippen LogP contribution in [-0.4, -0.2) is 53.0 Å². The highest BCUT2D eigenvalue weighted by Gasteiger charge is 2.52. The van der Waals surface area contributed by atoms with Crippen LogP contribution in [0, 0.1) is 0 Å². The molecule has 142 valence electrons. The highest BCUT2D eigenvalue weighted by atomic mass is 16.7. The molecular weight excluding hydrogens is 331 g/mol. The normalized spacial score (nSPS) is 22.3. The Labute approximate surface area is 156 Å². The minimum Gasteiger partial charge on any atom is -0.444 e. The lowest BCUT2D eigenvalue weighted by Gasteiger charge is -2.40. The topological polar surface area (TPSA) is 60.9 Å². The number of nitrogens with zero attached hydrogens (tertiary/aromatic N) is 2. The summed E-state index contributed by atoms with van der Waals surface area (Å²) in [5.41, 5.74) is 0.782. The van der Waals surface area contributed by atoms with E-state index in [0.717, 1.165) is 11.0 Å². The highest BCUT2D eigenvalue weighted by Crippen LogP contribution is 2.36. The van der Waals surface area contributed by atoms with Gasteiger partial charge in [0.15, 0.2) is 0 Å². The van der Waals surface area contributed by atoms with Crippen molar-refractivity contribution in [3.8, 4) is 0 Å². The van der Waals surface area contributed by atoms with E-state index in [1.165, 1.54) is 0 Å². The number of pyridine rings is 1. The molecule has 3 rings (SSSR count). The largest absolute Gasteiger partial charge is 0.496 e. The first-order chi connectivity index (χ1) is 11.9. The third-order valence-corrected chi connectivity index (χ3v) is 5.31. The molecule has 0 spiro atoms. The summed E-state index contributed by atoms with van der Waals surface area (Å²) in [7, 11) is -0.422. The van der Waals surface area contributed by atoms with Gasteiger partial charge in [0.25, 0.3) is 0 Å². The fourth-order valence-electron chi connectivity index (χ4n) is 2.97. The maximum absolute atomic E-state index is 12.1. The molecule has 0 N–H and O–H groups in total. The number of ether oxygens (including phenoxy) is 1. The SMILES string of the molecule is CC(C)(C)OC(=O)N1CC(c2cncc(B3OC(C)(C)C(C)(C)O3)c2)C1. The van der Waals surface area contributed by atoms with Crippen LogP contribution in [0.25, 0.3) is 0 Å². The van der Waals surface area contributed by atoms with Crippen molar-refractivity contribution in [2.75, 3.05) is 13.1 Å². The second-order valence-corrected chi connectivity index (χ2v) is 9.22. The van der Waals surface area contributed by atoms with E-state index in [-0.39, 0.29) is 23.2 Å². The summed E-state index contributed by atoms with van der Waals surface area (Å²) in [5, 5.41) is 0. The molecular formula is C19H29BN2O4. The van der Waals surface area contributed by atoms with Crippen LogP contribution < -0.4 is 5.46 Å². The monoisotopic (exact) mass is 360 g/mol. The van der Waals surface area contributed by atoms with Crippen molar-refractivity contribution >= 4 is 18.7 Å². The first-order valence-corrected chi connectivity index (χ1v) is 9.16. The Morgan fingerprint density at radius 2 is 1.77 bits per heavy atom. The van der Waals surface area contributed by atoms with Gasteiger partial charge in [-0.05, 0) is 54.0 Å². The zero-order valence-corrected chi connectivity index (χ0v) is 16.8. The molecule has 3 heterocycles. The maximum atomic E-state index is 12.1. The summed E-state index contributed by atoms with van der Waals surface area (Å²) < 4.78 is 17.6. The number of carbonyl (C=O) groups excluding carboxylic acids is 1. The third kappa shape index (κ3) is 3.74. The zero-order valence-electron chi connectivity index (χ0n) is 16.8. The van der Waals surface area contributed by atoms with E-state index in [9.17, 15) is 4.79 Å². The Kier molecular flexibility index (Phi) is 4.60. The van der Waals surface area contributed by atoms with Gasteiger partial charge in [0.1, 0.15) is 5.60 Å². The maximum Gasteiger partial charge on any atom is 0.496 e. The van der Waals surface area contributed by atoms with E-state index in [4.69, 9.17) is 14.0 Å². The predicted molar refractivity (Wildman–Crippen MR) is 101 cm³/mol. The Morgan fingerprint density at radius 3 is 2.31 bits per heavy atom. The lowest BCUT2D eigenvalue weighted by atomic mass is 9.78. The quantitative estimate of drug-likeness (QED) is 0.759. The molecule has 2 aliphatic rings. The molecule has 1 amide bonds. The molecule has 0 saturated carbocycles. The average molecular weight is 360 g/mol. The van der Waals surface area contributed by atoms with E-state index in [1.54, 1.807) is 11.1 Å². The molecule has 0 radical (unpaired) electrons. The van der Waals surface area contributed by atoms with E-state index >= 15 is 0 Å². The number of amides is 1. The van der Waals surface area contributed by atoms with Crippen LogP contribution in [0.5, 0.6) is 0 Å². The van der Waals surface area contributed by atoms with E-state index in [2.05, 4.69) is 11.1 Å². The van der Waals surface area contributed by atoms with E-state index in [0.29, 0.717) is 13.1 Å². The first-order valence-electron chi connectivity index (χ1n) is 9.16. The fourth-order valence-corrected chi connectivity index (χ4v) is 2.97. The lowest BCUT2D eigenvalue weighted by Crippen LogP contribution is -2.50. The van der Waals surface area contributed by atoms with Crippen LogP contribution in [0.3, 0.4) is 0 Å². The standard InChI is InChI=1S/C19H29BN2O4/c1-17(2,3)24-16(23)22-11-14(12-22)13-8-15(10-21-9-13)20-25-18(4,5)19(6,7)26-20/h8-10,14H,11-12H2,1-7H3. The molecule has 26 heavy (non-hydrogen) atoms. The van der Waals surface area contributed by atoms with Crippen LogP contribution in [0.1, 0.15) is 59.9 Å². The molecule has 0 bridgehead atoms. The lowest BCUT2D eigenvalue weighted by molar-refractivity contribution is 0.00578. The predicted octanol–water partition coefficient (Wildman–Crippen LogP) is 2.72. The summed E-state index contributed by atoms with van der Waals surface area (Å²) in [5.74, 6) is 0.261. The molecule has 6 nitrogen and oxygen atoms in total. The van der Waals surface area contributed by atoms with Crippen molar-refractivity contribution in [2.24, 2.45) is 0 Å². The van der Waals surface area contributed by atoms with Gasteiger partial charge in [0, 0.05) is 36.9 Å². The van der Waals surface area contributed by atoms with Crippen LogP contribution in [0.2, 0.25) is 0 Å². The molecule has 7 heteroatoms. The van der Waals surface area contributed by atoms with Crippen LogP contribution >= 0.6 is 0 Å². The minimum absolute atomic E-state index is 0.260. The average Bonchev–Trinajstić information content (AvgIpc) is 2.64. The highest BCUT2D eigenvalue weighted by molar-refractivity contribution is 6.62. The van der Waals surface area contributed by atoms with Gasteiger partial charge >= 0.3 is 13.2 Å². The second-order valence-electron chi connectivity index (χ2n) is 9.22.